The summed E-state index contributed by atoms with van der Waals surface area (Å²) in [6, 6.07) is 18.9. The van der Waals surface area contributed by atoms with Gasteiger partial charge in [0.15, 0.2) is 11.8 Å². The topological polar surface area (TPSA) is 140 Å². The van der Waals surface area contributed by atoms with Crippen LogP contribution in [-0.4, -0.2) is 130 Å². The summed E-state index contributed by atoms with van der Waals surface area (Å²) in [6.45, 7) is 8.95. The average molecular weight is 960 g/mol. The number of esters is 3. The van der Waals surface area contributed by atoms with Gasteiger partial charge in [-0.1, -0.05) is 44.2 Å². The first-order valence-electron chi connectivity index (χ1n) is 24.7. The fraction of sp³-hybridized carbons (Fsp3) is 0.545. The van der Waals surface area contributed by atoms with Gasteiger partial charge in [0, 0.05) is 79.6 Å². The number of piperidine rings is 1. The normalized spacial score (nSPS) is 35.5. The van der Waals surface area contributed by atoms with Gasteiger partial charge in [-0.15, -0.1) is 11.8 Å². The molecule has 6 aliphatic heterocycles. The van der Waals surface area contributed by atoms with Crippen molar-refractivity contribution in [3.63, 3.8) is 0 Å². The van der Waals surface area contributed by atoms with E-state index in [9.17, 15) is 14.7 Å². The van der Waals surface area contributed by atoms with Gasteiger partial charge in [-0.2, -0.15) is 0 Å². The standard InChI is InChI=1S/C55H65N3O10S/c1-9-50(62)28-35-29-52(48(60)65-7,41-24-36-14-17-38(69-31-34-12-15-37(63-5)16-13-34)25-40(36)39(41)18-22-57(30-35)32-50)43-26-42-44(27-45(43)64-6)56(4)55-53(42)20-23-58-21-11-19-51(10-2,46(53)58)47(67-33(3)59)54(55,68-55)49(61)66-8/h11-17,19,25-27,35,46-47,62H,9-10,18,20-24,28-32H2,1-8H3/t35-,46+,47-,50+,51-,52-,53-,54+,55+/m1/s1. The number of epoxide rings is 1. The lowest BCUT2D eigenvalue weighted by molar-refractivity contribution is -0.178. The Labute approximate surface area is 409 Å². The Morgan fingerprint density at radius 3 is 2.39 bits per heavy atom. The fourth-order valence-electron chi connectivity index (χ4n) is 15.3. The summed E-state index contributed by atoms with van der Waals surface area (Å²) in [7, 11) is 8.14. The van der Waals surface area contributed by atoms with Gasteiger partial charge in [-0.3, -0.25) is 19.4 Å². The molecular formula is C55H65N3O10S. The van der Waals surface area contributed by atoms with Gasteiger partial charge in [-0.25, -0.2) is 4.79 Å². The molecule has 11 rings (SSSR count). The number of carbonyl (C=O) groups excluding carboxylic acids is 3. The monoisotopic (exact) mass is 959 g/mol. The maximum atomic E-state index is 15.8. The van der Waals surface area contributed by atoms with E-state index in [0.717, 1.165) is 63.0 Å². The first kappa shape index (κ1) is 46.5. The van der Waals surface area contributed by atoms with Crippen molar-refractivity contribution >= 4 is 40.9 Å². The molecule has 1 unspecified atom stereocenters. The van der Waals surface area contributed by atoms with Crippen molar-refractivity contribution in [2.24, 2.45) is 11.3 Å². The van der Waals surface area contributed by atoms with E-state index in [1.807, 2.05) is 25.2 Å². The molecule has 1 N–H and O–H groups in total. The lowest BCUT2D eigenvalue weighted by atomic mass is 9.49. The van der Waals surface area contributed by atoms with Crippen LogP contribution < -0.4 is 14.4 Å². The minimum atomic E-state index is -1.67. The van der Waals surface area contributed by atoms with Gasteiger partial charge in [0.25, 0.3) is 5.60 Å². The van der Waals surface area contributed by atoms with Crippen LogP contribution in [0, 0.1) is 11.3 Å². The molecule has 0 radical (unpaired) electrons. The summed E-state index contributed by atoms with van der Waals surface area (Å²) < 4.78 is 37.3. The number of carbonyl (C=O) groups is 3. The zero-order valence-electron chi connectivity index (χ0n) is 41.1. The molecule has 2 bridgehead atoms. The molecule has 366 valence electrons. The van der Waals surface area contributed by atoms with E-state index < -0.39 is 51.2 Å². The minimum Gasteiger partial charge on any atom is -0.497 e. The van der Waals surface area contributed by atoms with Crippen LogP contribution in [-0.2, 0) is 56.3 Å². The molecule has 3 aromatic rings. The van der Waals surface area contributed by atoms with Crippen molar-refractivity contribution in [3.8, 4) is 11.5 Å². The first-order chi connectivity index (χ1) is 33.2. The summed E-state index contributed by atoms with van der Waals surface area (Å²) in [5, 5.41) is 12.2. The Morgan fingerprint density at radius 2 is 1.70 bits per heavy atom. The quantitative estimate of drug-likeness (QED) is 0.0695. The van der Waals surface area contributed by atoms with Crippen molar-refractivity contribution in [3.05, 3.63) is 100 Å². The summed E-state index contributed by atoms with van der Waals surface area (Å²) >= 11 is 1.78. The molecule has 3 aromatic carbocycles. The van der Waals surface area contributed by atoms with Gasteiger partial charge in [-0.05, 0) is 121 Å². The van der Waals surface area contributed by atoms with E-state index in [4.69, 9.17) is 28.4 Å². The largest absolute Gasteiger partial charge is 0.497 e. The summed E-state index contributed by atoms with van der Waals surface area (Å²) in [6.07, 6.45) is 7.26. The third kappa shape index (κ3) is 6.14. The second kappa shape index (κ2) is 16.3. The number of aliphatic hydroxyl groups is 1. The summed E-state index contributed by atoms with van der Waals surface area (Å²) in [5.74, 6) is 0.606. The molecule has 2 spiro atoms. The molecule has 4 fully saturated rings. The van der Waals surface area contributed by atoms with E-state index in [1.165, 1.54) is 26.7 Å². The highest BCUT2D eigenvalue weighted by Crippen LogP contribution is 2.80. The van der Waals surface area contributed by atoms with Crippen LogP contribution in [0.3, 0.4) is 0 Å². The van der Waals surface area contributed by atoms with Gasteiger partial charge in [0.2, 0.25) is 0 Å². The summed E-state index contributed by atoms with van der Waals surface area (Å²) in [4.78, 5) is 51.8. The molecule has 10 atom stereocenters. The molecule has 0 aromatic heterocycles. The van der Waals surface area contributed by atoms with Crippen molar-refractivity contribution in [1.29, 1.82) is 0 Å². The maximum Gasteiger partial charge on any atom is 0.347 e. The molecule has 6 heterocycles. The van der Waals surface area contributed by atoms with Gasteiger partial charge in [0.1, 0.15) is 16.9 Å². The number of hydrogen-bond donors (Lipinski definition) is 1. The Hall–Kier alpha value is -4.86. The Balaban J connectivity index is 1.14. The van der Waals surface area contributed by atoms with Crippen molar-refractivity contribution in [2.75, 3.05) is 73.1 Å². The van der Waals surface area contributed by atoms with E-state index in [-0.39, 0.29) is 17.9 Å². The van der Waals surface area contributed by atoms with E-state index >= 15 is 4.79 Å². The molecule has 1 saturated carbocycles. The molecule has 0 amide bonds. The van der Waals surface area contributed by atoms with Crippen LogP contribution >= 0.6 is 11.8 Å². The van der Waals surface area contributed by atoms with Crippen LogP contribution in [0.4, 0.5) is 5.69 Å². The maximum absolute atomic E-state index is 15.8. The number of methoxy groups -OCH3 is 4. The third-order valence-electron chi connectivity index (χ3n) is 18.0. The zero-order valence-corrected chi connectivity index (χ0v) is 42.0. The Morgan fingerprint density at radius 1 is 0.913 bits per heavy atom. The van der Waals surface area contributed by atoms with Crippen LogP contribution in [0.25, 0.3) is 5.57 Å². The average Bonchev–Trinajstić information content (AvgIpc) is 3.60. The highest BCUT2D eigenvalue weighted by molar-refractivity contribution is 7.98. The number of rotatable bonds is 11. The van der Waals surface area contributed by atoms with Crippen molar-refractivity contribution in [2.45, 2.75) is 116 Å². The lowest BCUT2D eigenvalue weighted by Crippen LogP contribution is -2.75. The smallest absolute Gasteiger partial charge is 0.347 e. The summed E-state index contributed by atoms with van der Waals surface area (Å²) in [5.41, 5.74) is 1.21. The zero-order chi connectivity index (χ0) is 48.5. The van der Waals surface area contributed by atoms with Crippen LogP contribution in [0.5, 0.6) is 11.5 Å². The Bertz CT molecular complexity index is 2710. The van der Waals surface area contributed by atoms with Crippen LogP contribution in [0.1, 0.15) is 87.1 Å². The number of nitrogens with zero attached hydrogens (tertiary/aromatic N) is 3. The molecule has 13 nitrogen and oxygen atoms in total. The minimum absolute atomic E-state index is 0.0739. The predicted octanol–water partition coefficient (Wildman–Crippen LogP) is 6.99. The van der Waals surface area contributed by atoms with Crippen LogP contribution in [0.2, 0.25) is 0 Å². The highest BCUT2D eigenvalue weighted by atomic mass is 32.2. The predicted molar refractivity (Wildman–Crippen MR) is 261 cm³/mol. The number of benzene rings is 3. The molecule has 2 aliphatic carbocycles. The number of thioether (sulfide) groups is 1. The van der Waals surface area contributed by atoms with Gasteiger partial charge < -0.3 is 38.4 Å². The molecular weight excluding hydrogens is 895 g/mol. The van der Waals surface area contributed by atoms with Gasteiger partial charge >= 0.3 is 17.9 Å². The number of ether oxygens (including phenoxy) is 6. The van der Waals surface area contributed by atoms with E-state index in [0.29, 0.717) is 75.9 Å². The van der Waals surface area contributed by atoms with Crippen molar-refractivity contribution in [1.82, 2.24) is 9.80 Å². The Kier molecular flexibility index (Phi) is 11.0. The number of fused-ring (bicyclic) bond motifs is 5. The highest BCUT2D eigenvalue weighted by Gasteiger charge is 2.98. The number of likely N-dealkylation sites (N-methyl/N-ethyl adjacent to an activating group) is 1. The van der Waals surface area contributed by atoms with E-state index in [2.05, 4.69) is 77.1 Å². The molecule has 14 heteroatoms. The SMILES string of the molecule is CC[C@]1(O)C[C@H]2CN(CCC3=C(Cc4ccc(SCc5ccc(OC)cc5)cc43)[C@@](C(=O)OC)(c3cc4c(cc3OC)N(C)[C@@]35O[C@]3(C(=O)OC)[C@H](OC(C)=O)[C@]3(CC)C=CCN6CC[C@]45[C@@H]63)C2)C1. The van der Waals surface area contributed by atoms with Gasteiger partial charge in [0.05, 0.1) is 39.5 Å². The lowest BCUT2D eigenvalue weighted by Gasteiger charge is -2.58. The third-order valence-corrected chi connectivity index (χ3v) is 19.1. The van der Waals surface area contributed by atoms with Crippen molar-refractivity contribution < 1.29 is 47.9 Å². The number of anilines is 1. The second-order valence-corrected chi connectivity index (χ2v) is 22.0. The fourth-order valence-corrected chi connectivity index (χ4v) is 16.1. The molecule has 69 heavy (non-hydrogen) atoms. The first-order valence-corrected chi connectivity index (χ1v) is 25.7. The van der Waals surface area contributed by atoms with Crippen LogP contribution in [0.15, 0.2) is 77.2 Å². The second-order valence-electron chi connectivity index (χ2n) is 20.9. The number of hydrogen-bond acceptors (Lipinski definition) is 14. The van der Waals surface area contributed by atoms with E-state index in [1.54, 1.807) is 26.0 Å². The molecule has 3 saturated heterocycles. The molecule has 8 aliphatic rings.